The van der Waals surface area contributed by atoms with E-state index in [1.807, 2.05) is 24.3 Å². The molecule has 1 heterocycles. The van der Waals surface area contributed by atoms with Crippen LogP contribution in [0, 0.1) is 11.6 Å². The highest BCUT2D eigenvalue weighted by Gasteiger charge is 2.18. The van der Waals surface area contributed by atoms with Crippen molar-refractivity contribution >= 4 is 21.8 Å². The van der Waals surface area contributed by atoms with Crippen molar-refractivity contribution in [1.29, 1.82) is 0 Å². The van der Waals surface area contributed by atoms with Gasteiger partial charge in [-0.25, -0.2) is 8.78 Å². The fourth-order valence-corrected chi connectivity index (χ4v) is 2.83. The first-order valence-corrected chi connectivity index (χ1v) is 8.88. The quantitative estimate of drug-likeness (QED) is 0.536. The van der Waals surface area contributed by atoms with Gasteiger partial charge in [-0.1, -0.05) is 28.1 Å². The molecule has 0 aliphatic rings. The average Bonchev–Trinajstić information content (AvgIpc) is 3.10. The van der Waals surface area contributed by atoms with Gasteiger partial charge in [0.2, 0.25) is 0 Å². The van der Waals surface area contributed by atoms with Crippen molar-refractivity contribution in [3.63, 3.8) is 0 Å². The molecule has 0 saturated heterocycles. The summed E-state index contributed by atoms with van der Waals surface area (Å²) in [6, 6.07) is 13.8. The second kappa shape index (κ2) is 8.35. The van der Waals surface area contributed by atoms with E-state index in [0.717, 1.165) is 16.6 Å². The number of carbonyl (C=O) groups is 1. The molecule has 2 aromatic carbocycles. The highest BCUT2D eigenvalue weighted by molar-refractivity contribution is 9.10. The maximum absolute atomic E-state index is 13.7. The SMILES string of the molecule is CN(Cc1ccc(F)cc1F)C(=O)c1ccc(COc2cccc(Br)c2)o1. The molecule has 0 fully saturated rings. The number of carbonyl (C=O) groups excluding carboxylic acids is 1. The lowest BCUT2D eigenvalue weighted by atomic mass is 10.2. The molecule has 1 amide bonds. The van der Waals surface area contributed by atoms with Gasteiger partial charge in [0.05, 0.1) is 0 Å². The predicted molar refractivity (Wildman–Crippen MR) is 99.3 cm³/mol. The summed E-state index contributed by atoms with van der Waals surface area (Å²) in [5.74, 6) is -0.499. The molecule has 0 atom stereocenters. The van der Waals surface area contributed by atoms with Crippen LogP contribution in [-0.4, -0.2) is 17.9 Å². The molecule has 0 unspecified atom stereocenters. The highest BCUT2D eigenvalue weighted by Crippen LogP contribution is 2.20. The number of halogens is 3. The molecule has 0 bridgehead atoms. The monoisotopic (exact) mass is 435 g/mol. The lowest BCUT2D eigenvalue weighted by Gasteiger charge is -2.16. The van der Waals surface area contributed by atoms with Crippen LogP contribution >= 0.6 is 15.9 Å². The number of hydrogen-bond donors (Lipinski definition) is 0. The van der Waals surface area contributed by atoms with Crippen molar-refractivity contribution in [2.45, 2.75) is 13.2 Å². The van der Waals surface area contributed by atoms with Gasteiger partial charge >= 0.3 is 0 Å². The van der Waals surface area contributed by atoms with Gasteiger partial charge in [0.15, 0.2) is 5.76 Å². The molecule has 27 heavy (non-hydrogen) atoms. The summed E-state index contributed by atoms with van der Waals surface area (Å²) in [7, 11) is 1.52. The Hall–Kier alpha value is -2.67. The third-order valence-electron chi connectivity index (χ3n) is 3.82. The van der Waals surface area contributed by atoms with Crippen LogP contribution in [0.1, 0.15) is 21.9 Å². The van der Waals surface area contributed by atoms with Crippen LogP contribution in [0.25, 0.3) is 0 Å². The van der Waals surface area contributed by atoms with Crippen LogP contribution in [0.15, 0.2) is 63.5 Å². The molecule has 140 valence electrons. The molecular formula is C20H16BrF2NO3. The summed E-state index contributed by atoms with van der Waals surface area (Å²) in [5, 5.41) is 0. The van der Waals surface area contributed by atoms with Gasteiger partial charge in [-0.2, -0.15) is 0 Å². The van der Waals surface area contributed by atoms with E-state index in [2.05, 4.69) is 15.9 Å². The highest BCUT2D eigenvalue weighted by atomic mass is 79.9. The summed E-state index contributed by atoms with van der Waals surface area (Å²) in [6.07, 6.45) is 0. The van der Waals surface area contributed by atoms with E-state index < -0.39 is 17.5 Å². The van der Waals surface area contributed by atoms with Gasteiger partial charge in [0.1, 0.15) is 29.8 Å². The van der Waals surface area contributed by atoms with Crippen molar-refractivity contribution in [2.24, 2.45) is 0 Å². The second-order valence-corrected chi connectivity index (χ2v) is 6.82. The molecular weight excluding hydrogens is 420 g/mol. The summed E-state index contributed by atoms with van der Waals surface area (Å²) >= 11 is 3.36. The van der Waals surface area contributed by atoms with Gasteiger partial charge < -0.3 is 14.1 Å². The zero-order valence-electron chi connectivity index (χ0n) is 14.4. The minimum Gasteiger partial charge on any atom is -0.486 e. The number of amides is 1. The van der Waals surface area contributed by atoms with E-state index in [0.29, 0.717) is 11.5 Å². The third-order valence-corrected chi connectivity index (χ3v) is 4.31. The Balaban J connectivity index is 1.61. The van der Waals surface area contributed by atoms with Gasteiger partial charge in [0.25, 0.3) is 5.91 Å². The number of benzene rings is 2. The van der Waals surface area contributed by atoms with E-state index in [1.165, 1.54) is 18.0 Å². The molecule has 0 aliphatic heterocycles. The Morgan fingerprint density at radius 2 is 1.96 bits per heavy atom. The van der Waals surface area contributed by atoms with E-state index >= 15 is 0 Å². The second-order valence-electron chi connectivity index (χ2n) is 5.91. The lowest BCUT2D eigenvalue weighted by molar-refractivity contribution is 0.0748. The smallest absolute Gasteiger partial charge is 0.289 e. The lowest BCUT2D eigenvalue weighted by Crippen LogP contribution is -2.26. The fraction of sp³-hybridized carbons (Fsp3) is 0.150. The third kappa shape index (κ3) is 4.95. The summed E-state index contributed by atoms with van der Waals surface area (Å²) in [6.45, 7) is 0.162. The molecule has 1 aromatic heterocycles. The van der Waals surface area contributed by atoms with Crippen LogP contribution in [0.5, 0.6) is 5.75 Å². The van der Waals surface area contributed by atoms with Crippen LogP contribution in [0.2, 0.25) is 0 Å². The first-order valence-electron chi connectivity index (χ1n) is 8.09. The van der Waals surface area contributed by atoms with Crippen molar-refractivity contribution in [1.82, 2.24) is 4.90 Å². The Morgan fingerprint density at radius 3 is 2.70 bits per heavy atom. The molecule has 0 spiro atoms. The number of hydrogen-bond acceptors (Lipinski definition) is 3. The molecule has 3 aromatic rings. The predicted octanol–water partition coefficient (Wildman–Crippen LogP) is 5.17. The van der Waals surface area contributed by atoms with Crippen LogP contribution in [0.4, 0.5) is 8.78 Å². The normalized spacial score (nSPS) is 10.7. The fourth-order valence-electron chi connectivity index (χ4n) is 2.45. The Morgan fingerprint density at radius 1 is 1.15 bits per heavy atom. The molecule has 0 saturated carbocycles. The van der Waals surface area contributed by atoms with Crippen molar-refractivity contribution < 1.29 is 22.7 Å². The van der Waals surface area contributed by atoms with E-state index in [-0.39, 0.29) is 24.5 Å². The van der Waals surface area contributed by atoms with Crippen molar-refractivity contribution in [3.8, 4) is 5.75 Å². The van der Waals surface area contributed by atoms with E-state index in [4.69, 9.17) is 9.15 Å². The minimum atomic E-state index is -0.697. The number of rotatable bonds is 6. The number of furan rings is 1. The van der Waals surface area contributed by atoms with E-state index in [1.54, 1.807) is 12.1 Å². The topological polar surface area (TPSA) is 42.7 Å². The van der Waals surface area contributed by atoms with Crippen LogP contribution in [0.3, 0.4) is 0 Å². The largest absolute Gasteiger partial charge is 0.486 e. The van der Waals surface area contributed by atoms with Crippen LogP contribution < -0.4 is 4.74 Å². The molecule has 0 N–H and O–H groups in total. The molecule has 7 heteroatoms. The van der Waals surface area contributed by atoms with Crippen LogP contribution in [-0.2, 0) is 13.2 Å². The van der Waals surface area contributed by atoms with Crippen molar-refractivity contribution in [3.05, 3.63) is 87.8 Å². The van der Waals surface area contributed by atoms with Gasteiger partial charge in [-0.15, -0.1) is 0 Å². The molecule has 4 nitrogen and oxygen atoms in total. The zero-order valence-corrected chi connectivity index (χ0v) is 16.0. The average molecular weight is 436 g/mol. The Labute approximate surface area is 163 Å². The molecule has 3 rings (SSSR count). The number of nitrogens with zero attached hydrogens (tertiary/aromatic N) is 1. The molecule has 0 aliphatic carbocycles. The standard InChI is InChI=1S/C20H16BrF2NO3/c1-24(11-13-5-6-15(22)10-18(13)23)20(25)19-8-7-17(27-19)12-26-16-4-2-3-14(21)9-16/h2-10H,11-12H2,1H3. The summed E-state index contributed by atoms with van der Waals surface area (Å²) in [4.78, 5) is 13.7. The van der Waals surface area contributed by atoms with Gasteiger partial charge in [-0.05, 0) is 36.4 Å². The first-order chi connectivity index (χ1) is 12.9. The first kappa shape index (κ1) is 19.1. The maximum atomic E-state index is 13.7. The Kier molecular flexibility index (Phi) is 5.91. The Bertz CT molecular complexity index is 958. The zero-order chi connectivity index (χ0) is 19.4. The molecule has 0 radical (unpaired) electrons. The van der Waals surface area contributed by atoms with E-state index in [9.17, 15) is 13.6 Å². The summed E-state index contributed by atoms with van der Waals surface area (Å²) in [5.41, 5.74) is 0.219. The maximum Gasteiger partial charge on any atom is 0.289 e. The number of ether oxygens (including phenoxy) is 1. The van der Waals surface area contributed by atoms with Gasteiger partial charge in [0, 0.05) is 29.7 Å². The van der Waals surface area contributed by atoms with Crippen molar-refractivity contribution in [2.75, 3.05) is 7.05 Å². The minimum absolute atomic E-state index is 0.00444. The van der Waals surface area contributed by atoms with Gasteiger partial charge in [-0.3, -0.25) is 4.79 Å². The summed E-state index contributed by atoms with van der Waals surface area (Å²) < 4.78 is 38.8.